The number of para-hydroxylation sites is 1. The Morgan fingerprint density at radius 3 is 2.24 bits per heavy atom. The minimum Gasteiger partial charge on any atom is -0.495 e. The first-order valence-electron chi connectivity index (χ1n) is 5.43. The number of ether oxygens (including phenoxy) is 1. The van der Waals surface area contributed by atoms with Gasteiger partial charge in [-0.2, -0.15) is 17.9 Å². The van der Waals surface area contributed by atoms with Crippen LogP contribution in [0.3, 0.4) is 0 Å². The summed E-state index contributed by atoms with van der Waals surface area (Å²) in [6.07, 6.45) is -5.33. The molecular formula is C11H12F3NO5S. The van der Waals surface area contributed by atoms with Crippen LogP contribution in [0.2, 0.25) is 0 Å². The first kappa shape index (κ1) is 17.2. The molecule has 118 valence electrons. The Labute approximate surface area is 118 Å². The molecule has 0 amide bonds. The molecule has 0 aromatic heterocycles. The molecule has 0 heterocycles. The van der Waals surface area contributed by atoms with Crippen LogP contribution >= 0.6 is 0 Å². The molecule has 0 aliphatic heterocycles. The van der Waals surface area contributed by atoms with Crippen molar-refractivity contribution in [3.05, 3.63) is 24.3 Å². The van der Waals surface area contributed by atoms with Gasteiger partial charge in [0.15, 0.2) is 0 Å². The third-order valence-corrected chi connectivity index (χ3v) is 4.29. The number of rotatable bonds is 5. The summed E-state index contributed by atoms with van der Waals surface area (Å²) in [4.78, 5) is 10.3. The highest BCUT2D eigenvalue weighted by Crippen LogP contribution is 2.33. The monoisotopic (exact) mass is 327 g/mol. The number of benzene rings is 1. The average Bonchev–Trinajstić information content (AvgIpc) is 2.36. The van der Waals surface area contributed by atoms with E-state index in [1.165, 1.54) is 22.9 Å². The highest BCUT2D eigenvalue weighted by molar-refractivity contribution is 7.89. The van der Waals surface area contributed by atoms with Gasteiger partial charge in [-0.1, -0.05) is 12.1 Å². The molecule has 6 nitrogen and oxygen atoms in total. The van der Waals surface area contributed by atoms with E-state index in [2.05, 4.69) is 0 Å². The summed E-state index contributed by atoms with van der Waals surface area (Å²) < 4.78 is 68.5. The molecule has 0 fully saturated rings. The molecule has 0 saturated carbocycles. The summed E-state index contributed by atoms with van der Waals surface area (Å²) in [6, 6.07) is 4.90. The van der Waals surface area contributed by atoms with Gasteiger partial charge in [0.2, 0.25) is 15.6 Å². The second-order valence-corrected chi connectivity index (χ2v) is 5.84. The summed E-state index contributed by atoms with van der Waals surface area (Å²) in [6.45, 7) is 0.225. The topological polar surface area (TPSA) is 92.7 Å². The van der Waals surface area contributed by atoms with Gasteiger partial charge in [0.1, 0.15) is 10.6 Å². The zero-order chi connectivity index (χ0) is 16.5. The number of sulfonamides is 1. The lowest BCUT2D eigenvalue weighted by Gasteiger charge is -2.28. The Morgan fingerprint density at radius 2 is 1.81 bits per heavy atom. The van der Waals surface area contributed by atoms with Gasteiger partial charge in [0.05, 0.1) is 7.11 Å². The second-order valence-electron chi connectivity index (χ2n) is 4.18. The van der Waals surface area contributed by atoms with Crippen LogP contribution in [-0.2, 0) is 14.8 Å². The number of methoxy groups -OCH3 is 1. The lowest BCUT2D eigenvalue weighted by molar-refractivity contribution is -0.201. The van der Waals surface area contributed by atoms with Crippen molar-refractivity contribution in [2.75, 3.05) is 7.11 Å². The maximum atomic E-state index is 12.8. The lowest BCUT2D eigenvalue weighted by Crippen LogP contribution is -2.61. The van der Waals surface area contributed by atoms with E-state index in [1.807, 2.05) is 0 Å². The minimum absolute atomic E-state index is 0.208. The molecule has 1 aromatic carbocycles. The van der Waals surface area contributed by atoms with Crippen molar-refractivity contribution >= 4 is 16.0 Å². The number of carbonyl (C=O) groups is 1. The molecule has 1 rings (SSSR count). The molecule has 0 saturated heterocycles. The summed E-state index contributed by atoms with van der Waals surface area (Å²) >= 11 is 0. The first-order valence-corrected chi connectivity index (χ1v) is 6.91. The molecule has 0 spiro atoms. The van der Waals surface area contributed by atoms with E-state index in [0.717, 1.165) is 13.2 Å². The fraction of sp³-hybridized carbons (Fsp3) is 0.364. The van der Waals surface area contributed by atoms with Gasteiger partial charge in [-0.15, -0.1) is 0 Å². The van der Waals surface area contributed by atoms with Crippen molar-refractivity contribution in [1.29, 1.82) is 0 Å². The first-order chi connectivity index (χ1) is 9.45. The average molecular weight is 327 g/mol. The van der Waals surface area contributed by atoms with Crippen LogP contribution in [0.15, 0.2) is 29.2 Å². The predicted octanol–water partition coefficient (Wildman–Crippen LogP) is 1.38. The minimum atomic E-state index is -5.33. The zero-order valence-electron chi connectivity index (χ0n) is 10.9. The van der Waals surface area contributed by atoms with Crippen molar-refractivity contribution in [2.45, 2.75) is 23.5 Å². The van der Waals surface area contributed by atoms with Crippen LogP contribution in [0.25, 0.3) is 0 Å². The number of aliphatic carboxylic acids is 1. The van der Waals surface area contributed by atoms with Crippen LogP contribution < -0.4 is 9.46 Å². The number of halogens is 3. The Kier molecular flexibility index (Phi) is 4.54. The van der Waals surface area contributed by atoms with Crippen molar-refractivity contribution in [3.63, 3.8) is 0 Å². The maximum Gasteiger partial charge on any atom is 0.418 e. The van der Waals surface area contributed by atoms with Crippen LogP contribution in [0.1, 0.15) is 6.92 Å². The van der Waals surface area contributed by atoms with E-state index in [1.54, 1.807) is 0 Å². The van der Waals surface area contributed by atoms with Gasteiger partial charge in [0, 0.05) is 0 Å². The second kappa shape index (κ2) is 5.53. The van der Waals surface area contributed by atoms with Crippen molar-refractivity contribution in [1.82, 2.24) is 4.72 Å². The molecule has 0 bridgehead atoms. The molecule has 1 atom stereocenters. The molecule has 0 aliphatic carbocycles. The molecule has 1 unspecified atom stereocenters. The maximum absolute atomic E-state index is 12.8. The van der Waals surface area contributed by atoms with Crippen molar-refractivity contribution < 1.29 is 36.2 Å². The quantitative estimate of drug-likeness (QED) is 0.852. The van der Waals surface area contributed by atoms with Gasteiger partial charge >= 0.3 is 12.1 Å². The molecule has 0 radical (unpaired) electrons. The van der Waals surface area contributed by atoms with Crippen molar-refractivity contribution in [2.24, 2.45) is 0 Å². The fourth-order valence-corrected chi connectivity index (χ4v) is 2.91. The highest BCUT2D eigenvalue weighted by atomic mass is 32.2. The van der Waals surface area contributed by atoms with E-state index in [-0.39, 0.29) is 12.7 Å². The fourth-order valence-electron chi connectivity index (χ4n) is 1.39. The van der Waals surface area contributed by atoms with E-state index < -0.39 is 32.6 Å². The Balaban J connectivity index is 3.35. The van der Waals surface area contributed by atoms with Gasteiger partial charge in [-0.05, 0) is 19.1 Å². The van der Waals surface area contributed by atoms with Crippen LogP contribution in [0, 0.1) is 0 Å². The zero-order valence-corrected chi connectivity index (χ0v) is 11.7. The molecule has 2 N–H and O–H groups in total. The summed E-state index contributed by atoms with van der Waals surface area (Å²) in [5, 5.41) is 8.73. The van der Waals surface area contributed by atoms with Gasteiger partial charge in [-0.25, -0.2) is 13.2 Å². The van der Waals surface area contributed by atoms with Gasteiger partial charge in [-0.3, -0.25) is 0 Å². The van der Waals surface area contributed by atoms with Crippen LogP contribution in [-0.4, -0.2) is 38.3 Å². The standard InChI is InChI=1S/C11H12F3NO5S/c1-10(9(16)17,11(12,13)14)15-21(18,19)8-6-4-3-5-7(8)20-2/h3-6,15H,1-2H3,(H,16,17). The number of alkyl halides is 3. The normalized spacial score (nSPS) is 15.3. The van der Waals surface area contributed by atoms with Gasteiger partial charge in [0.25, 0.3) is 0 Å². The van der Waals surface area contributed by atoms with Crippen LogP contribution in [0.4, 0.5) is 13.2 Å². The van der Waals surface area contributed by atoms with E-state index >= 15 is 0 Å². The third kappa shape index (κ3) is 3.27. The van der Waals surface area contributed by atoms with Crippen LogP contribution in [0.5, 0.6) is 5.75 Å². The Bertz CT molecular complexity index is 644. The molecular weight excluding hydrogens is 315 g/mol. The number of carboxylic acid groups (broad SMARTS) is 1. The number of hydrogen-bond donors (Lipinski definition) is 2. The van der Waals surface area contributed by atoms with Gasteiger partial charge < -0.3 is 9.84 Å². The Morgan fingerprint density at radius 1 is 1.29 bits per heavy atom. The summed E-state index contributed by atoms with van der Waals surface area (Å²) in [7, 11) is -3.63. The number of carboxylic acids is 1. The largest absolute Gasteiger partial charge is 0.495 e. The molecule has 10 heteroatoms. The summed E-state index contributed by atoms with van der Waals surface area (Å²) in [5.74, 6) is -2.58. The Hall–Kier alpha value is -1.81. The van der Waals surface area contributed by atoms with E-state index in [0.29, 0.717) is 0 Å². The number of hydrogen-bond acceptors (Lipinski definition) is 4. The smallest absolute Gasteiger partial charge is 0.418 e. The molecule has 1 aromatic rings. The number of nitrogens with one attached hydrogen (secondary N) is 1. The SMILES string of the molecule is COc1ccccc1S(=O)(=O)NC(C)(C(=O)O)C(F)(F)F. The van der Waals surface area contributed by atoms with E-state index in [9.17, 15) is 26.4 Å². The lowest BCUT2D eigenvalue weighted by atomic mass is 10.0. The highest BCUT2D eigenvalue weighted by Gasteiger charge is 2.59. The van der Waals surface area contributed by atoms with Crippen molar-refractivity contribution in [3.8, 4) is 5.75 Å². The molecule has 0 aliphatic rings. The summed E-state index contributed by atoms with van der Waals surface area (Å²) in [5.41, 5.74) is -3.66. The molecule has 21 heavy (non-hydrogen) atoms. The van der Waals surface area contributed by atoms with E-state index in [4.69, 9.17) is 9.84 Å². The predicted molar refractivity (Wildman–Crippen MR) is 65.4 cm³/mol. The third-order valence-electron chi connectivity index (χ3n) is 2.69.